The Morgan fingerprint density at radius 3 is 2.20 bits per heavy atom. The van der Waals surface area contributed by atoms with E-state index in [1.165, 1.54) is 44.9 Å². The first-order valence-electron chi connectivity index (χ1n) is 6.83. The van der Waals surface area contributed by atoms with Crippen LogP contribution in [0.3, 0.4) is 0 Å². The third-order valence-corrected chi connectivity index (χ3v) is 5.27. The molecular formula is C19H22I-. The van der Waals surface area contributed by atoms with Crippen molar-refractivity contribution in [3.8, 4) is 0 Å². The number of rotatable bonds is 2. The van der Waals surface area contributed by atoms with Crippen LogP contribution in [0.4, 0.5) is 0 Å². The van der Waals surface area contributed by atoms with Gasteiger partial charge in [-0.15, -0.1) is 38.9 Å². The summed E-state index contributed by atoms with van der Waals surface area (Å²) in [5, 5.41) is 0. The average Bonchev–Trinajstić information content (AvgIpc) is 2.40. The molecule has 1 aromatic carbocycles. The predicted molar refractivity (Wildman–Crippen MR) is 101 cm³/mol. The molecular weight excluding hydrogens is 355 g/mol. The molecule has 0 aromatic heterocycles. The van der Waals surface area contributed by atoms with E-state index in [0.29, 0.717) is 0 Å². The molecule has 0 nitrogen and oxygen atoms in total. The lowest BCUT2D eigenvalue weighted by Crippen LogP contribution is -2.03. The minimum absolute atomic E-state index is 0.0767. The fourth-order valence-electron chi connectivity index (χ4n) is 2.45. The number of allylic oxidation sites excluding steroid dienone is 5. The summed E-state index contributed by atoms with van der Waals surface area (Å²) >= 11 is -0.0767. The van der Waals surface area contributed by atoms with E-state index >= 15 is 0 Å². The molecule has 20 heavy (non-hydrogen) atoms. The molecule has 1 aliphatic rings. The second kappa shape index (κ2) is 6.13. The van der Waals surface area contributed by atoms with Gasteiger partial charge in [-0.05, 0) is 43.0 Å². The van der Waals surface area contributed by atoms with Crippen molar-refractivity contribution in [3.63, 3.8) is 0 Å². The molecule has 0 atom stereocenters. The Balaban J connectivity index is 2.55. The molecule has 0 N–H and O–H groups in total. The van der Waals surface area contributed by atoms with Crippen molar-refractivity contribution in [2.24, 2.45) is 0 Å². The zero-order valence-electron chi connectivity index (χ0n) is 13.0. The highest BCUT2D eigenvalue weighted by Gasteiger charge is 2.09. The van der Waals surface area contributed by atoms with Gasteiger partial charge in [-0.2, -0.15) is 20.7 Å². The largest absolute Gasteiger partial charge is 0.156 e. The zero-order valence-corrected chi connectivity index (χ0v) is 15.1. The second-order valence-electron chi connectivity index (χ2n) is 5.51. The average molecular weight is 377 g/mol. The Hall–Kier alpha value is -1.09. The molecule has 106 valence electrons. The molecule has 0 aliphatic heterocycles. The van der Waals surface area contributed by atoms with Gasteiger partial charge in [0, 0.05) is 0 Å². The van der Waals surface area contributed by atoms with E-state index in [0.717, 1.165) is 0 Å². The molecule has 0 spiro atoms. The van der Waals surface area contributed by atoms with E-state index in [9.17, 15) is 0 Å². The molecule has 2 rings (SSSR count). The number of aryl methyl sites for hydroxylation is 2. The van der Waals surface area contributed by atoms with E-state index < -0.39 is 0 Å². The van der Waals surface area contributed by atoms with E-state index in [-0.39, 0.29) is 20.7 Å². The van der Waals surface area contributed by atoms with Crippen molar-refractivity contribution in [1.82, 2.24) is 0 Å². The van der Waals surface area contributed by atoms with Gasteiger partial charge in [0.1, 0.15) is 0 Å². The van der Waals surface area contributed by atoms with Gasteiger partial charge in [0.15, 0.2) is 0 Å². The highest BCUT2D eigenvalue weighted by Crippen LogP contribution is 2.35. The maximum absolute atomic E-state index is 4.05. The van der Waals surface area contributed by atoms with Crippen LogP contribution in [0.1, 0.15) is 36.1 Å². The fraction of sp³-hybridized carbons (Fsp3) is 0.263. The summed E-state index contributed by atoms with van der Waals surface area (Å²) in [6.07, 6.45) is 4.62. The fourth-order valence-corrected chi connectivity index (χ4v) is 3.57. The van der Waals surface area contributed by atoms with E-state index in [1.807, 2.05) is 0 Å². The van der Waals surface area contributed by atoms with Gasteiger partial charge in [-0.1, -0.05) is 30.5 Å². The van der Waals surface area contributed by atoms with E-state index in [1.54, 1.807) is 0 Å². The van der Waals surface area contributed by atoms with Crippen LogP contribution in [0.5, 0.6) is 0 Å². The summed E-state index contributed by atoms with van der Waals surface area (Å²) in [7, 11) is 0. The third-order valence-electron chi connectivity index (χ3n) is 4.16. The molecule has 0 heterocycles. The van der Waals surface area contributed by atoms with Crippen molar-refractivity contribution in [3.05, 3.63) is 67.7 Å². The first-order valence-corrected chi connectivity index (χ1v) is 9.60. The van der Waals surface area contributed by atoms with Gasteiger partial charge in [0.05, 0.1) is 0 Å². The molecule has 0 saturated carbocycles. The van der Waals surface area contributed by atoms with Crippen LogP contribution >= 0.6 is 20.7 Å². The first kappa shape index (κ1) is 15.3. The Morgan fingerprint density at radius 1 is 1.05 bits per heavy atom. The van der Waals surface area contributed by atoms with Crippen LogP contribution in [-0.4, -0.2) is 4.51 Å². The van der Waals surface area contributed by atoms with Crippen molar-refractivity contribution in [2.45, 2.75) is 34.6 Å². The molecule has 1 aliphatic carbocycles. The summed E-state index contributed by atoms with van der Waals surface area (Å²) in [4.78, 5) is 0. The van der Waals surface area contributed by atoms with Gasteiger partial charge in [-0.25, -0.2) is 0 Å². The standard InChI is InChI=1S/C19H22I/c1-12-7-17(8-13(2)15(12)4)18-9-14(3)16(5)19(10-18)11-20-6/h7-11H,6H2,1-5H3/q-1/b19-11-. The minimum Gasteiger partial charge on any atom is -0.156 e. The molecule has 0 saturated heterocycles. The van der Waals surface area contributed by atoms with E-state index in [2.05, 4.69) is 67.5 Å². The molecule has 1 aromatic rings. The highest BCUT2D eigenvalue weighted by atomic mass is 127. The normalized spacial score (nSPS) is 17.2. The lowest BCUT2D eigenvalue weighted by atomic mass is 9.84. The number of halogens is 1. The summed E-state index contributed by atoms with van der Waals surface area (Å²) in [5.74, 6) is 1.39. The van der Waals surface area contributed by atoms with Crippen LogP contribution in [-0.2, 0) is 0 Å². The minimum atomic E-state index is -0.0767. The third kappa shape index (κ3) is 2.98. The van der Waals surface area contributed by atoms with E-state index in [4.69, 9.17) is 0 Å². The molecule has 0 bridgehead atoms. The van der Waals surface area contributed by atoms with Crippen LogP contribution in [0.2, 0.25) is 0 Å². The smallest absolute Gasteiger partial charge is 0.0363 e. The van der Waals surface area contributed by atoms with Crippen LogP contribution in [0.15, 0.2) is 39.5 Å². The SMILES string of the molecule is C=I/C=C1/C=C(c2cc(C)c(C)c(C)c2)C=C(C)[C-]1C. The topological polar surface area (TPSA) is 0 Å². The lowest BCUT2D eigenvalue weighted by Gasteiger charge is -2.29. The molecule has 0 fully saturated rings. The molecule has 1 heteroatoms. The molecule has 0 amide bonds. The monoisotopic (exact) mass is 377 g/mol. The number of hydrogen-bond acceptors (Lipinski definition) is 0. The Bertz CT molecular complexity index is 619. The van der Waals surface area contributed by atoms with Gasteiger partial charge in [0.2, 0.25) is 0 Å². The first-order chi connectivity index (χ1) is 9.43. The maximum Gasteiger partial charge on any atom is -0.0363 e. The Kier molecular flexibility index (Phi) is 4.69. The summed E-state index contributed by atoms with van der Waals surface area (Å²) < 4.78 is 6.37. The summed E-state index contributed by atoms with van der Waals surface area (Å²) in [6.45, 7) is 11.0. The molecule has 0 radical (unpaired) electrons. The lowest BCUT2D eigenvalue weighted by molar-refractivity contribution is 1.14. The Labute approximate surface area is 133 Å². The summed E-state index contributed by atoms with van der Waals surface area (Å²) in [6, 6.07) is 4.60. The molecule has 0 unspecified atom stereocenters. The van der Waals surface area contributed by atoms with Crippen LogP contribution < -0.4 is 0 Å². The van der Waals surface area contributed by atoms with Crippen molar-refractivity contribution < 1.29 is 0 Å². The van der Waals surface area contributed by atoms with Gasteiger partial charge in [-0.3, -0.25) is 0 Å². The summed E-state index contributed by atoms with van der Waals surface area (Å²) in [5.41, 5.74) is 9.50. The number of hydrogen-bond donors (Lipinski definition) is 0. The number of benzene rings is 1. The van der Waals surface area contributed by atoms with Crippen molar-refractivity contribution >= 4 is 30.8 Å². The van der Waals surface area contributed by atoms with Crippen LogP contribution in [0, 0.1) is 26.7 Å². The second-order valence-corrected chi connectivity index (χ2v) is 7.01. The van der Waals surface area contributed by atoms with Gasteiger partial charge < -0.3 is 0 Å². The maximum atomic E-state index is 4.05. The van der Waals surface area contributed by atoms with Crippen LogP contribution in [0.25, 0.3) is 5.57 Å². The van der Waals surface area contributed by atoms with Crippen molar-refractivity contribution in [1.29, 1.82) is 0 Å². The Morgan fingerprint density at radius 2 is 1.65 bits per heavy atom. The van der Waals surface area contributed by atoms with Gasteiger partial charge in [0.25, 0.3) is 0 Å². The quantitative estimate of drug-likeness (QED) is 0.449. The van der Waals surface area contributed by atoms with Crippen molar-refractivity contribution in [2.75, 3.05) is 0 Å². The highest BCUT2D eigenvalue weighted by molar-refractivity contribution is 14.2. The zero-order chi connectivity index (χ0) is 14.9. The van der Waals surface area contributed by atoms with Gasteiger partial charge >= 0.3 is 0 Å². The predicted octanol–water partition coefficient (Wildman–Crippen LogP) is 5.84.